The van der Waals surface area contributed by atoms with E-state index < -0.39 is 111 Å². The molecule has 2 heterocycles. The number of phenolic OH excluding ortho intramolecular Hbond substituents is 1. The Hall–Kier alpha value is -4.31. The third-order valence-electron chi connectivity index (χ3n) is 9.90. The minimum Gasteiger partial charge on any atom is -0.508 e. The lowest BCUT2D eigenvalue weighted by atomic mass is 9.56. The first-order chi connectivity index (χ1) is 23.1. The van der Waals surface area contributed by atoms with Crippen LogP contribution in [0.15, 0.2) is 60.2 Å². The van der Waals surface area contributed by atoms with E-state index in [-0.39, 0.29) is 33.6 Å². The van der Waals surface area contributed by atoms with E-state index in [2.05, 4.69) is 0 Å². The van der Waals surface area contributed by atoms with Gasteiger partial charge in [-0.1, -0.05) is 42.0 Å². The third kappa shape index (κ3) is 4.25. The summed E-state index contributed by atoms with van der Waals surface area (Å²) < 4.78 is 73.0. The fraction of sp³-hybridized carbons (Fsp3) is 0.250. The molecule has 3 aromatic rings. The summed E-state index contributed by atoms with van der Waals surface area (Å²) in [5.74, 6) is -22.8. The van der Waals surface area contributed by atoms with E-state index in [0.29, 0.717) is 0 Å². The molecule has 9 nitrogen and oxygen atoms in total. The monoisotopic (exact) mass is 720 g/mol. The number of aromatic hydroxyl groups is 1. The molecule has 3 fully saturated rings. The highest BCUT2D eigenvalue weighted by Gasteiger charge is 2.77. The summed E-state index contributed by atoms with van der Waals surface area (Å²) in [5, 5.41) is 30.3. The molecule has 7 rings (SSSR count). The minimum atomic E-state index is -2.77. The van der Waals surface area contributed by atoms with Gasteiger partial charge >= 0.3 is 7.12 Å². The molecule has 49 heavy (non-hydrogen) atoms. The maximum Gasteiger partial charge on any atom is 0.488 e. The van der Waals surface area contributed by atoms with Crippen LogP contribution in [-0.2, 0) is 19.2 Å². The molecule has 6 unspecified atom stereocenters. The molecule has 2 aliphatic heterocycles. The van der Waals surface area contributed by atoms with E-state index in [0.717, 1.165) is 4.90 Å². The number of fused-ring (bicyclic) bond motifs is 4. The number of halogens is 7. The molecule has 0 spiro atoms. The quantitative estimate of drug-likeness (QED) is 0.0714. The number of allylic oxidation sites excluding steroid dienone is 2. The van der Waals surface area contributed by atoms with Crippen LogP contribution in [0, 0.1) is 46.8 Å². The molecular weight excluding hydrogens is 701 g/mol. The van der Waals surface area contributed by atoms with Crippen LogP contribution < -0.4 is 15.3 Å². The fourth-order valence-corrected chi connectivity index (χ4v) is 8.65. The normalized spacial score (nSPS) is 29.2. The van der Waals surface area contributed by atoms with Crippen LogP contribution in [0.4, 0.5) is 33.3 Å². The van der Waals surface area contributed by atoms with Gasteiger partial charge < -0.3 is 15.2 Å². The predicted molar refractivity (Wildman–Crippen MR) is 163 cm³/mol. The Labute approximate surface area is 283 Å². The van der Waals surface area contributed by atoms with E-state index in [1.807, 2.05) is 0 Å². The van der Waals surface area contributed by atoms with E-state index in [4.69, 9.17) is 23.2 Å². The van der Waals surface area contributed by atoms with Gasteiger partial charge in [0, 0.05) is 11.5 Å². The molecule has 0 radical (unpaired) electrons. The summed E-state index contributed by atoms with van der Waals surface area (Å²) in [6, 6.07) is 10.7. The third-order valence-corrected chi connectivity index (χ3v) is 11.3. The molecule has 6 atom stereocenters. The van der Waals surface area contributed by atoms with Crippen LogP contribution in [0.5, 0.6) is 5.75 Å². The molecule has 3 aromatic carbocycles. The maximum atomic E-state index is 15.1. The number of alkyl halides is 2. The number of nitrogens with zero attached hydrogens (tertiary/aromatic N) is 2. The smallest absolute Gasteiger partial charge is 0.488 e. The van der Waals surface area contributed by atoms with E-state index in [1.54, 1.807) is 0 Å². The Balaban J connectivity index is 1.41. The van der Waals surface area contributed by atoms with Gasteiger partial charge in [-0.25, -0.2) is 26.9 Å². The van der Waals surface area contributed by atoms with Gasteiger partial charge in [0.25, 0.3) is 11.8 Å². The number of imide groups is 2. The predicted octanol–water partition coefficient (Wildman–Crippen LogP) is 3.54. The van der Waals surface area contributed by atoms with E-state index in [9.17, 15) is 47.5 Å². The fourth-order valence-electron chi connectivity index (χ4n) is 7.72. The zero-order chi connectivity index (χ0) is 35.5. The molecule has 0 aromatic heterocycles. The van der Waals surface area contributed by atoms with E-state index >= 15 is 8.78 Å². The number of hydrogen-bond donors (Lipinski definition) is 3. The largest absolute Gasteiger partial charge is 0.508 e. The van der Waals surface area contributed by atoms with Crippen LogP contribution in [-0.4, -0.2) is 55.7 Å². The standard InChI is InChI=1S/C32H20BCl2F5N2O7/c34-31-11-17-14(8-9-16-19(17)28(45)41(27(16)44)13-5-3-4-12(10-13)33(48)49)20(15-6-1-2-7-18(15)43)32(31,35)30(47)42(29(31)46)26-24(39)22(37)21(36)23(38)25(26)40/h1-8,10,16-17,19-20,43,48-49H,9,11H2. The summed E-state index contributed by atoms with van der Waals surface area (Å²) >= 11 is 14.1. The van der Waals surface area contributed by atoms with Crippen molar-refractivity contribution in [3.63, 3.8) is 0 Å². The van der Waals surface area contributed by atoms with Gasteiger partial charge in [-0.05, 0) is 42.4 Å². The number of carbonyl (C=O) groups is 4. The Morgan fingerprint density at radius 3 is 2.04 bits per heavy atom. The molecule has 2 saturated heterocycles. The van der Waals surface area contributed by atoms with Crippen molar-refractivity contribution in [2.24, 2.45) is 17.8 Å². The van der Waals surface area contributed by atoms with Crippen LogP contribution in [0.3, 0.4) is 0 Å². The first-order valence-electron chi connectivity index (χ1n) is 14.7. The number of carbonyl (C=O) groups excluding carboxylic acids is 4. The average molecular weight is 721 g/mol. The van der Waals surface area contributed by atoms with Crippen molar-refractivity contribution in [1.29, 1.82) is 0 Å². The average Bonchev–Trinajstić information content (AvgIpc) is 3.41. The van der Waals surface area contributed by atoms with Crippen molar-refractivity contribution in [3.05, 3.63) is 94.8 Å². The second kappa shape index (κ2) is 11.1. The molecule has 0 bridgehead atoms. The van der Waals surface area contributed by atoms with Crippen molar-refractivity contribution in [3.8, 4) is 5.75 Å². The number of amides is 4. The maximum absolute atomic E-state index is 15.1. The van der Waals surface area contributed by atoms with Gasteiger partial charge in [-0.2, -0.15) is 0 Å². The van der Waals surface area contributed by atoms with Gasteiger partial charge in [0.1, 0.15) is 11.4 Å². The second-order valence-corrected chi connectivity index (χ2v) is 13.5. The lowest BCUT2D eigenvalue weighted by Gasteiger charge is -2.50. The number of hydrogen-bond acceptors (Lipinski definition) is 7. The van der Waals surface area contributed by atoms with Gasteiger partial charge in [0.15, 0.2) is 33.0 Å². The van der Waals surface area contributed by atoms with Gasteiger partial charge in [-0.3, -0.25) is 24.1 Å². The lowest BCUT2D eigenvalue weighted by molar-refractivity contribution is -0.125. The van der Waals surface area contributed by atoms with Crippen molar-refractivity contribution >= 4 is 70.8 Å². The molecular formula is C32H20BCl2F5N2O7. The first-order valence-corrected chi connectivity index (χ1v) is 15.4. The van der Waals surface area contributed by atoms with Crippen LogP contribution in [0.1, 0.15) is 24.3 Å². The topological polar surface area (TPSA) is 135 Å². The Bertz CT molecular complexity index is 2040. The Kier molecular flexibility index (Phi) is 7.52. The number of rotatable bonds is 4. The van der Waals surface area contributed by atoms with Crippen LogP contribution in [0.2, 0.25) is 0 Å². The summed E-state index contributed by atoms with van der Waals surface area (Å²) in [5.41, 5.74) is -1.89. The molecule has 4 aliphatic rings. The van der Waals surface area contributed by atoms with Crippen LogP contribution in [0.25, 0.3) is 0 Å². The molecule has 1 saturated carbocycles. The molecule has 3 N–H and O–H groups in total. The summed E-state index contributed by atoms with van der Waals surface area (Å²) in [6.45, 7) is 0. The molecule has 4 amide bonds. The highest BCUT2D eigenvalue weighted by Crippen LogP contribution is 2.66. The molecule has 17 heteroatoms. The number of anilines is 2. The van der Waals surface area contributed by atoms with Crippen molar-refractivity contribution in [2.45, 2.75) is 28.5 Å². The lowest BCUT2D eigenvalue weighted by Crippen LogP contribution is -2.60. The van der Waals surface area contributed by atoms with E-state index in [1.165, 1.54) is 54.6 Å². The number of phenols is 1. The highest BCUT2D eigenvalue weighted by molar-refractivity contribution is 6.59. The van der Waals surface area contributed by atoms with Gasteiger partial charge in [0.05, 0.1) is 17.5 Å². The molecule has 252 valence electrons. The minimum absolute atomic E-state index is 0.00139. The number of benzene rings is 3. The first kappa shape index (κ1) is 33.2. The SMILES string of the molecule is O=C1C2CC=C3C(CC4(Cl)C(=O)N(c5c(F)c(F)c(F)c(F)c5F)C(=O)C4(Cl)C3c3ccccc3O)C2C(=O)N1c1cccc(B(O)O)c1. The van der Waals surface area contributed by atoms with Crippen molar-refractivity contribution in [1.82, 2.24) is 0 Å². The summed E-state index contributed by atoms with van der Waals surface area (Å²) in [4.78, 5) is 51.4. The summed E-state index contributed by atoms with van der Waals surface area (Å²) in [6.07, 6.45) is 0.661. The van der Waals surface area contributed by atoms with Gasteiger partial charge in [-0.15, -0.1) is 23.2 Å². The second-order valence-electron chi connectivity index (χ2n) is 12.2. The summed E-state index contributed by atoms with van der Waals surface area (Å²) in [7, 11) is -1.93. The Morgan fingerprint density at radius 2 is 1.41 bits per heavy atom. The zero-order valence-corrected chi connectivity index (χ0v) is 26.0. The highest BCUT2D eigenvalue weighted by atomic mass is 35.5. The van der Waals surface area contributed by atoms with Gasteiger partial charge in [0.2, 0.25) is 17.6 Å². The molecule has 2 aliphatic carbocycles. The zero-order valence-electron chi connectivity index (χ0n) is 24.5. The number of para-hydroxylation sites is 1. The van der Waals surface area contributed by atoms with Crippen molar-refractivity contribution < 1.29 is 56.3 Å². The Morgan fingerprint density at radius 1 is 0.776 bits per heavy atom. The van der Waals surface area contributed by atoms with Crippen molar-refractivity contribution in [2.75, 3.05) is 9.80 Å². The van der Waals surface area contributed by atoms with Crippen LogP contribution >= 0.6 is 23.2 Å².